The van der Waals surface area contributed by atoms with Crippen molar-refractivity contribution in [1.29, 1.82) is 0 Å². The normalized spacial score (nSPS) is 17.2. The minimum atomic E-state index is -1.53. The molecule has 0 atom stereocenters. The lowest BCUT2D eigenvalue weighted by molar-refractivity contribution is -0.156. The summed E-state index contributed by atoms with van der Waals surface area (Å²) < 4.78 is 13.7. The molecule has 0 bridgehead atoms. The Bertz CT molecular complexity index is 585. The van der Waals surface area contributed by atoms with E-state index in [2.05, 4.69) is 5.32 Å². The highest BCUT2D eigenvalue weighted by molar-refractivity contribution is 6.32. The van der Waals surface area contributed by atoms with Crippen LogP contribution in [0.1, 0.15) is 32.1 Å². The third-order valence-electron chi connectivity index (χ3n) is 3.84. The number of carboxylic acid groups (broad SMARTS) is 1. The van der Waals surface area contributed by atoms with Gasteiger partial charge in [0, 0.05) is 6.07 Å². The fraction of sp³-hybridized carbons (Fsp3) is 0.429. The third kappa shape index (κ3) is 2.95. The Morgan fingerprint density at radius 3 is 2.43 bits per heavy atom. The number of carbonyl (C=O) groups is 2. The van der Waals surface area contributed by atoms with Crippen molar-refractivity contribution in [2.45, 2.75) is 32.1 Å². The minimum Gasteiger partial charge on any atom is -0.506 e. The Morgan fingerprint density at radius 1 is 1.24 bits per heavy atom. The molecule has 0 radical (unpaired) electrons. The molecule has 5 nitrogen and oxygen atoms in total. The van der Waals surface area contributed by atoms with E-state index in [9.17, 15) is 24.2 Å². The number of aromatic hydroxyl groups is 1. The average molecular weight is 316 g/mol. The second kappa shape index (κ2) is 5.89. The van der Waals surface area contributed by atoms with Crippen molar-refractivity contribution in [3.05, 3.63) is 23.0 Å². The molecule has 7 heteroatoms. The van der Waals surface area contributed by atoms with Crippen LogP contribution in [-0.4, -0.2) is 22.1 Å². The molecular weight excluding hydrogens is 301 g/mol. The van der Waals surface area contributed by atoms with E-state index < -0.39 is 28.9 Å². The van der Waals surface area contributed by atoms with Gasteiger partial charge in [0.1, 0.15) is 17.0 Å². The van der Waals surface area contributed by atoms with Crippen LogP contribution in [0, 0.1) is 11.2 Å². The zero-order chi connectivity index (χ0) is 15.6. The second-order valence-electron chi connectivity index (χ2n) is 5.19. The van der Waals surface area contributed by atoms with E-state index in [4.69, 9.17) is 11.6 Å². The first-order valence-electron chi connectivity index (χ1n) is 6.60. The lowest BCUT2D eigenvalue weighted by Crippen LogP contribution is -2.44. The Balaban J connectivity index is 2.27. The molecule has 2 rings (SSSR count). The van der Waals surface area contributed by atoms with Crippen LogP contribution in [0.4, 0.5) is 10.1 Å². The molecule has 3 N–H and O–H groups in total. The van der Waals surface area contributed by atoms with Gasteiger partial charge in [-0.2, -0.15) is 0 Å². The molecular formula is C14H15ClFNO4. The van der Waals surface area contributed by atoms with Gasteiger partial charge in [0.2, 0.25) is 5.91 Å². The Kier molecular flexibility index (Phi) is 4.37. The van der Waals surface area contributed by atoms with E-state index in [1.54, 1.807) is 0 Å². The first kappa shape index (κ1) is 15.6. The summed E-state index contributed by atoms with van der Waals surface area (Å²) in [5.74, 6) is -3.28. The molecule has 1 aliphatic rings. The van der Waals surface area contributed by atoms with Crippen LogP contribution in [0.3, 0.4) is 0 Å². The zero-order valence-electron chi connectivity index (χ0n) is 11.2. The van der Waals surface area contributed by atoms with Gasteiger partial charge in [-0.05, 0) is 18.9 Å². The van der Waals surface area contributed by atoms with Crippen molar-refractivity contribution < 1.29 is 24.2 Å². The van der Waals surface area contributed by atoms with Crippen molar-refractivity contribution in [1.82, 2.24) is 0 Å². The van der Waals surface area contributed by atoms with Crippen molar-refractivity contribution in [2.75, 3.05) is 5.32 Å². The van der Waals surface area contributed by atoms with Crippen LogP contribution in [0.2, 0.25) is 5.02 Å². The van der Waals surface area contributed by atoms with E-state index in [0.29, 0.717) is 12.8 Å². The summed E-state index contributed by atoms with van der Waals surface area (Å²) in [5, 5.41) is 20.8. The molecule has 1 aromatic carbocycles. The predicted octanol–water partition coefficient (Wildman–Crippen LogP) is 3.16. The fourth-order valence-corrected chi connectivity index (χ4v) is 2.73. The Morgan fingerprint density at radius 2 is 1.86 bits per heavy atom. The summed E-state index contributed by atoms with van der Waals surface area (Å²) in [5.41, 5.74) is -1.77. The maximum absolute atomic E-state index is 13.7. The number of carboxylic acids is 1. The number of hydrogen-bond donors (Lipinski definition) is 3. The van der Waals surface area contributed by atoms with Crippen LogP contribution >= 0.6 is 11.6 Å². The van der Waals surface area contributed by atoms with E-state index in [-0.39, 0.29) is 23.6 Å². The average Bonchev–Trinajstić information content (AvgIpc) is 2.45. The fourth-order valence-electron chi connectivity index (χ4n) is 2.57. The maximum Gasteiger partial charge on any atom is 0.319 e. The van der Waals surface area contributed by atoms with Crippen molar-refractivity contribution >= 4 is 29.2 Å². The molecule has 0 aliphatic heterocycles. The Hall–Kier alpha value is -1.82. The standard InChI is InChI=1S/C14H15ClFNO4/c15-8-6-10(9(16)7-11(8)18)17-12(19)14(13(20)21)4-2-1-3-5-14/h6-7,18H,1-5H2,(H,17,19)(H,20,21). The van der Waals surface area contributed by atoms with E-state index in [1.807, 2.05) is 0 Å². The molecule has 1 amide bonds. The molecule has 0 spiro atoms. The first-order valence-corrected chi connectivity index (χ1v) is 6.97. The molecule has 114 valence electrons. The summed E-state index contributed by atoms with van der Waals surface area (Å²) in [7, 11) is 0. The smallest absolute Gasteiger partial charge is 0.319 e. The number of hydrogen-bond acceptors (Lipinski definition) is 3. The first-order chi connectivity index (χ1) is 9.86. The topological polar surface area (TPSA) is 86.6 Å². The number of carbonyl (C=O) groups excluding carboxylic acids is 1. The molecule has 1 aliphatic carbocycles. The molecule has 1 fully saturated rings. The predicted molar refractivity (Wildman–Crippen MR) is 74.9 cm³/mol. The summed E-state index contributed by atoms with van der Waals surface area (Å²) in [4.78, 5) is 23.8. The van der Waals surface area contributed by atoms with Gasteiger partial charge < -0.3 is 15.5 Å². The number of amides is 1. The molecule has 0 saturated heterocycles. The second-order valence-corrected chi connectivity index (χ2v) is 5.59. The number of anilines is 1. The van der Waals surface area contributed by atoms with Gasteiger partial charge >= 0.3 is 5.97 Å². The summed E-state index contributed by atoms with van der Waals surface area (Å²) in [6, 6.07) is 1.83. The number of aliphatic carboxylic acids is 1. The maximum atomic E-state index is 13.7. The van der Waals surface area contributed by atoms with Crippen molar-refractivity contribution in [3.63, 3.8) is 0 Å². The highest BCUT2D eigenvalue weighted by Gasteiger charge is 2.46. The summed E-state index contributed by atoms with van der Waals surface area (Å²) in [6.07, 6.45) is 2.60. The monoisotopic (exact) mass is 315 g/mol. The molecule has 1 saturated carbocycles. The molecule has 0 unspecified atom stereocenters. The van der Waals surface area contributed by atoms with Gasteiger partial charge in [-0.15, -0.1) is 0 Å². The van der Waals surface area contributed by atoms with Crippen LogP contribution in [0.25, 0.3) is 0 Å². The molecule has 21 heavy (non-hydrogen) atoms. The van der Waals surface area contributed by atoms with Crippen LogP contribution < -0.4 is 5.32 Å². The molecule has 1 aromatic rings. The SMILES string of the molecule is O=C(O)C1(C(=O)Nc2cc(Cl)c(O)cc2F)CCCCC1. The highest BCUT2D eigenvalue weighted by Crippen LogP contribution is 2.38. The number of nitrogens with one attached hydrogen (secondary N) is 1. The number of rotatable bonds is 3. The van der Waals surface area contributed by atoms with Crippen molar-refractivity contribution in [2.24, 2.45) is 5.41 Å². The molecule has 0 heterocycles. The van der Waals surface area contributed by atoms with Gasteiger partial charge in [0.05, 0.1) is 10.7 Å². The Labute approximate surface area is 125 Å². The largest absolute Gasteiger partial charge is 0.506 e. The van der Waals surface area contributed by atoms with Crippen molar-refractivity contribution in [3.8, 4) is 5.75 Å². The number of benzene rings is 1. The lowest BCUT2D eigenvalue weighted by Gasteiger charge is -2.31. The third-order valence-corrected chi connectivity index (χ3v) is 4.14. The summed E-state index contributed by atoms with van der Waals surface area (Å²) >= 11 is 5.67. The number of phenolic OH excluding ortho intramolecular Hbond substituents is 1. The van der Waals surface area contributed by atoms with Crippen LogP contribution in [0.15, 0.2) is 12.1 Å². The minimum absolute atomic E-state index is 0.125. The van der Waals surface area contributed by atoms with Gasteiger partial charge in [-0.25, -0.2) is 4.39 Å². The van der Waals surface area contributed by atoms with Gasteiger partial charge in [-0.1, -0.05) is 30.9 Å². The van der Waals surface area contributed by atoms with Gasteiger partial charge in [0.15, 0.2) is 0 Å². The molecule has 0 aromatic heterocycles. The van der Waals surface area contributed by atoms with E-state index in [0.717, 1.165) is 18.6 Å². The summed E-state index contributed by atoms with van der Waals surface area (Å²) in [6.45, 7) is 0. The van der Waals surface area contributed by atoms with E-state index in [1.165, 1.54) is 0 Å². The number of halogens is 2. The van der Waals surface area contributed by atoms with E-state index >= 15 is 0 Å². The lowest BCUT2D eigenvalue weighted by atomic mass is 9.73. The highest BCUT2D eigenvalue weighted by atomic mass is 35.5. The van der Waals surface area contributed by atoms with Crippen LogP contribution in [0.5, 0.6) is 5.75 Å². The van der Waals surface area contributed by atoms with Gasteiger partial charge in [-0.3, -0.25) is 9.59 Å². The quantitative estimate of drug-likeness (QED) is 0.590. The zero-order valence-corrected chi connectivity index (χ0v) is 11.9. The van der Waals surface area contributed by atoms with Crippen LogP contribution in [-0.2, 0) is 9.59 Å². The number of phenols is 1. The van der Waals surface area contributed by atoms with Gasteiger partial charge in [0.25, 0.3) is 0 Å².